The molecule has 0 spiro atoms. The van der Waals surface area contributed by atoms with Crippen LogP contribution in [0.1, 0.15) is 44.3 Å². The molecule has 9 nitrogen and oxygen atoms in total. The summed E-state index contributed by atoms with van der Waals surface area (Å²) in [5, 5.41) is 30.3. The van der Waals surface area contributed by atoms with Crippen LogP contribution in [0.4, 0.5) is 5.69 Å². The van der Waals surface area contributed by atoms with Gasteiger partial charge in [-0.05, 0) is 24.1 Å². The molecular weight excluding hydrogens is 396 g/mol. The lowest BCUT2D eigenvalue weighted by Gasteiger charge is -2.16. The number of aromatic nitrogens is 3. The summed E-state index contributed by atoms with van der Waals surface area (Å²) in [7, 11) is 1.75. The first-order chi connectivity index (χ1) is 15.0. The van der Waals surface area contributed by atoms with Gasteiger partial charge in [0.05, 0.1) is 29.1 Å². The molecule has 31 heavy (non-hydrogen) atoms. The number of anilines is 1. The number of nitriles is 1. The third-order valence-corrected chi connectivity index (χ3v) is 5.38. The highest BCUT2D eigenvalue weighted by molar-refractivity contribution is 5.93. The molecule has 0 radical (unpaired) electrons. The molecule has 0 unspecified atom stereocenters. The SMILES string of the molecule is CNc1cc(-n2cc(CNC[C@H](O)c3ccc4c(c3C)COC4=O)cn2)ncc1C#N. The van der Waals surface area contributed by atoms with Crippen LogP contribution in [0.5, 0.6) is 0 Å². The Kier molecular flexibility index (Phi) is 5.66. The summed E-state index contributed by atoms with van der Waals surface area (Å²) in [5.74, 6) is 0.285. The van der Waals surface area contributed by atoms with Crippen LogP contribution in [-0.2, 0) is 17.9 Å². The number of cyclic esters (lactones) is 1. The van der Waals surface area contributed by atoms with Gasteiger partial charge in [-0.1, -0.05) is 6.07 Å². The largest absolute Gasteiger partial charge is 0.457 e. The van der Waals surface area contributed by atoms with Crippen molar-refractivity contribution >= 4 is 11.7 Å². The molecule has 4 rings (SSSR count). The van der Waals surface area contributed by atoms with Crippen LogP contribution in [0.15, 0.2) is 36.8 Å². The van der Waals surface area contributed by atoms with Crippen molar-refractivity contribution in [2.24, 2.45) is 0 Å². The molecule has 1 aromatic carbocycles. The smallest absolute Gasteiger partial charge is 0.338 e. The first kappa shape index (κ1) is 20.5. The van der Waals surface area contributed by atoms with Gasteiger partial charge in [0.1, 0.15) is 12.7 Å². The van der Waals surface area contributed by atoms with E-state index < -0.39 is 6.10 Å². The maximum atomic E-state index is 11.7. The zero-order valence-corrected chi connectivity index (χ0v) is 17.2. The molecule has 1 atom stereocenters. The van der Waals surface area contributed by atoms with Crippen molar-refractivity contribution in [2.75, 3.05) is 18.9 Å². The highest BCUT2D eigenvalue weighted by atomic mass is 16.5. The summed E-state index contributed by atoms with van der Waals surface area (Å²) in [5.41, 5.74) is 5.16. The molecular formula is C22H22N6O3. The number of benzene rings is 1. The van der Waals surface area contributed by atoms with Crippen molar-refractivity contribution in [1.29, 1.82) is 5.26 Å². The lowest BCUT2D eigenvalue weighted by molar-refractivity contribution is 0.0535. The topological polar surface area (TPSA) is 125 Å². The fourth-order valence-electron chi connectivity index (χ4n) is 3.63. The van der Waals surface area contributed by atoms with Crippen molar-refractivity contribution in [3.8, 4) is 11.9 Å². The van der Waals surface area contributed by atoms with Gasteiger partial charge in [0.2, 0.25) is 0 Å². The molecule has 1 aliphatic heterocycles. The summed E-state index contributed by atoms with van der Waals surface area (Å²) in [4.78, 5) is 15.9. The Morgan fingerprint density at radius 1 is 1.39 bits per heavy atom. The van der Waals surface area contributed by atoms with Crippen LogP contribution < -0.4 is 10.6 Å². The van der Waals surface area contributed by atoms with Gasteiger partial charge in [-0.25, -0.2) is 14.5 Å². The number of aliphatic hydroxyl groups excluding tert-OH is 1. The molecule has 0 bridgehead atoms. The predicted octanol–water partition coefficient (Wildman–Crippen LogP) is 1.98. The van der Waals surface area contributed by atoms with E-state index >= 15 is 0 Å². The molecule has 3 N–H and O–H groups in total. The van der Waals surface area contributed by atoms with E-state index in [1.54, 1.807) is 36.1 Å². The normalized spacial score (nSPS) is 13.4. The number of ether oxygens (including phenoxy) is 1. The zero-order valence-electron chi connectivity index (χ0n) is 17.2. The van der Waals surface area contributed by atoms with E-state index in [1.807, 2.05) is 13.1 Å². The Labute approximate surface area is 179 Å². The van der Waals surface area contributed by atoms with Gasteiger partial charge in [0.25, 0.3) is 0 Å². The molecule has 3 heterocycles. The molecule has 0 saturated heterocycles. The van der Waals surface area contributed by atoms with Crippen molar-refractivity contribution in [1.82, 2.24) is 20.1 Å². The number of fused-ring (bicyclic) bond motifs is 1. The van der Waals surface area contributed by atoms with Gasteiger partial charge in [-0.2, -0.15) is 10.4 Å². The summed E-state index contributed by atoms with van der Waals surface area (Å²) in [6.45, 7) is 3.01. The molecule has 2 aromatic heterocycles. The minimum absolute atomic E-state index is 0.256. The number of carbonyl (C=O) groups excluding carboxylic acids is 1. The number of nitrogens with zero attached hydrogens (tertiary/aromatic N) is 4. The molecule has 9 heteroatoms. The number of carbonyl (C=O) groups is 1. The predicted molar refractivity (Wildman–Crippen MR) is 113 cm³/mol. The van der Waals surface area contributed by atoms with Crippen molar-refractivity contribution < 1.29 is 14.6 Å². The van der Waals surface area contributed by atoms with E-state index in [4.69, 9.17) is 10.00 Å². The van der Waals surface area contributed by atoms with Crippen molar-refractivity contribution in [3.05, 3.63) is 70.2 Å². The first-order valence-electron chi connectivity index (χ1n) is 9.82. The number of aliphatic hydroxyl groups is 1. The monoisotopic (exact) mass is 418 g/mol. The van der Waals surface area contributed by atoms with E-state index in [9.17, 15) is 9.90 Å². The average molecular weight is 418 g/mol. The van der Waals surface area contributed by atoms with Crippen LogP contribution in [0.3, 0.4) is 0 Å². The van der Waals surface area contributed by atoms with Crippen LogP contribution in [0.25, 0.3) is 5.82 Å². The summed E-state index contributed by atoms with van der Waals surface area (Å²) in [6.07, 6.45) is 4.36. The molecule has 0 fully saturated rings. The minimum Gasteiger partial charge on any atom is -0.457 e. The summed E-state index contributed by atoms with van der Waals surface area (Å²) in [6, 6.07) is 7.34. The Balaban J connectivity index is 1.39. The zero-order chi connectivity index (χ0) is 22.0. The van der Waals surface area contributed by atoms with Crippen LogP contribution in [-0.4, -0.2) is 39.4 Å². The number of hydrogen-bond donors (Lipinski definition) is 3. The van der Waals surface area contributed by atoms with E-state index in [-0.39, 0.29) is 12.6 Å². The van der Waals surface area contributed by atoms with E-state index in [0.29, 0.717) is 35.7 Å². The standard InChI is InChI=1S/C22H22N6O3/c1-13-16(3-4-17-18(13)12-31-22(17)30)20(29)10-25-7-14-8-27-28(11-14)21-5-19(24-2)15(6-23)9-26-21/h3-5,8-9,11,20,25,29H,7,10,12H2,1-2H3,(H,24,26)/t20-/m0/s1. The first-order valence-corrected chi connectivity index (χ1v) is 9.82. The highest BCUT2D eigenvalue weighted by Gasteiger charge is 2.25. The second-order valence-corrected chi connectivity index (χ2v) is 7.27. The van der Waals surface area contributed by atoms with Gasteiger partial charge in [0.15, 0.2) is 5.82 Å². The molecule has 0 aliphatic carbocycles. The molecule has 0 amide bonds. The third-order valence-electron chi connectivity index (χ3n) is 5.38. The fourth-order valence-corrected chi connectivity index (χ4v) is 3.63. The number of nitrogens with one attached hydrogen (secondary N) is 2. The van der Waals surface area contributed by atoms with Gasteiger partial charge < -0.3 is 20.5 Å². The van der Waals surface area contributed by atoms with Gasteiger partial charge in [0, 0.05) is 49.7 Å². The minimum atomic E-state index is -0.713. The number of hydrogen-bond acceptors (Lipinski definition) is 8. The van der Waals surface area contributed by atoms with Crippen LogP contribution in [0.2, 0.25) is 0 Å². The number of rotatable bonds is 7. The summed E-state index contributed by atoms with van der Waals surface area (Å²) >= 11 is 0. The molecule has 0 saturated carbocycles. The molecule has 158 valence electrons. The second kappa shape index (κ2) is 8.55. The Bertz CT molecular complexity index is 1180. The maximum absolute atomic E-state index is 11.7. The average Bonchev–Trinajstić information content (AvgIpc) is 3.41. The second-order valence-electron chi connectivity index (χ2n) is 7.27. The fraction of sp³-hybridized carbons (Fsp3) is 0.273. The Morgan fingerprint density at radius 2 is 2.23 bits per heavy atom. The third kappa shape index (κ3) is 3.99. The van der Waals surface area contributed by atoms with Crippen LogP contribution in [0, 0.1) is 18.3 Å². The lowest BCUT2D eigenvalue weighted by atomic mass is 9.95. The van der Waals surface area contributed by atoms with Crippen LogP contribution >= 0.6 is 0 Å². The lowest BCUT2D eigenvalue weighted by Crippen LogP contribution is -2.21. The number of esters is 1. The Morgan fingerprint density at radius 3 is 3.00 bits per heavy atom. The van der Waals surface area contributed by atoms with E-state index in [0.717, 1.165) is 22.3 Å². The van der Waals surface area contributed by atoms with Crippen molar-refractivity contribution in [2.45, 2.75) is 26.2 Å². The van der Waals surface area contributed by atoms with Gasteiger partial charge in [-0.15, -0.1) is 0 Å². The van der Waals surface area contributed by atoms with Gasteiger partial charge in [-0.3, -0.25) is 0 Å². The molecule has 1 aliphatic rings. The van der Waals surface area contributed by atoms with E-state index in [1.165, 1.54) is 6.20 Å². The quantitative estimate of drug-likeness (QED) is 0.498. The van der Waals surface area contributed by atoms with Crippen molar-refractivity contribution in [3.63, 3.8) is 0 Å². The highest BCUT2D eigenvalue weighted by Crippen LogP contribution is 2.28. The maximum Gasteiger partial charge on any atom is 0.338 e. The summed E-state index contributed by atoms with van der Waals surface area (Å²) < 4.78 is 6.71. The number of pyridine rings is 1. The van der Waals surface area contributed by atoms with Gasteiger partial charge >= 0.3 is 5.97 Å². The Hall–Kier alpha value is -3.74. The molecule has 3 aromatic rings. The van der Waals surface area contributed by atoms with E-state index in [2.05, 4.69) is 26.8 Å².